The molecule has 0 radical (unpaired) electrons. The van der Waals surface area contributed by atoms with E-state index in [9.17, 15) is 48.6 Å². The van der Waals surface area contributed by atoms with Gasteiger partial charge in [-0.3, -0.25) is 50.0 Å². The number of nitrogens with zero attached hydrogens (tertiary/aromatic N) is 2. The third kappa shape index (κ3) is 23.3. The van der Waals surface area contributed by atoms with E-state index in [0.29, 0.717) is 19.9 Å². The number of aliphatic hydroxyl groups excluding tert-OH is 2. The summed E-state index contributed by atoms with van der Waals surface area (Å²) < 4.78 is -1.39. The van der Waals surface area contributed by atoms with Crippen LogP contribution < -0.4 is 51.3 Å². The maximum atomic E-state index is 14.6. The Bertz CT molecular complexity index is 2420. The molecule has 36 heteroatoms. The molecule has 0 aliphatic heterocycles. The van der Waals surface area contributed by atoms with Crippen molar-refractivity contribution in [1.29, 1.82) is 0 Å². The fourth-order valence-electron chi connectivity index (χ4n) is 9.09. The second-order valence-corrected chi connectivity index (χ2v) is 39.6. The SMILES string of the molecule is C=NNS(=P)C(=O)C(C)(CC(C)(C)C(=O)S(=P)NNS(=PP)C(=O)CCSC(C)(CC(C)(CC(C)(CC)C(=O)NCC(C)O)C(=O)S(=P)NN)C(=O)S(=P)NN=C)CC(C)(CC(C)(CC)C(=O)NCC(C)O)C(=O)S(=P)NN. The van der Waals surface area contributed by atoms with Crippen LogP contribution in [0.5, 0.6) is 0 Å². The molecule has 78 heavy (non-hydrogen) atoms. The minimum atomic E-state index is -1.48. The maximum Gasteiger partial charge on any atom is 0.226 e. The van der Waals surface area contributed by atoms with E-state index >= 15 is 0 Å². The number of rotatable bonds is 36. The highest BCUT2D eigenvalue weighted by Gasteiger charge is 2.53. The summed E-state index contributed by atoms with van der Waals surface area (Å²) in [7, 11) is 11.9. The zero-order chi connectivity index (χ0) is 61.0. The molecular formula is C42H85N12O10P7S7. The first-order valence-corrected chi connectivity index (χ1v) is 41.5. The molecule has 0 aliphatic carbocycles. The zero-order valence-corrected chi connectivity index (χ0v) is 59.2. The number of aliphatic hydroxyl groups is 2. The average molecular weight is 1360 g/mol. The summed E-state index contributed by atoms with van der Waals surface area (Å²) in [5, 5.41) is 30.4. The molecule has 22 nitrogen and oxygen atoms in total. The average Bonchev–Trinajstić information content (AvgIpc) is 3.37. The molecule has 14 N–H and O–H groups in total. The number of amides is 2. The summed E-state index contributed by atoms with van der Waals surface area (Å²) in [6.45, 7) is 26.9. The molecule has 0 saturated carbocycles. The smallest absolute Gasteiger partial charge is 0.226 e. The topological polar surface area (TPSA) is 350 Å². The summed E-state index contributed by atoms with van der Waals surface area (Å²) in [6, 6.07) is 0. The van der Waals surface area contributed by atoms with Crippen molar-refractivity contribution in [2.45, 2.75) is 151 Å². The minimum absolute atomic E-state index is 0.00820. The standard InChI is InChI=1S/C42H85N12O10P7S7/c1-15-37(7,29(58)47-19-26(3)55)22-40(10,32(61)73(66)49-43)24-39(9,34(63)76(69)51-45-13)21-36(5,6)31(60)75(68)53-54-78(71-65)28(57)17-18-72-42(12,35(64)77(70)52-46-14)25-41(11,33(62)74(67)50-44)23-38(8,16-2)30(59)48-20-27(4)56/h26-27,49-56,66-70H,13-25,43-44,65H2,1-12H3,(H,47,58)(H,48,59). The molecule has 0 aromatic rings. The molecule has 2 amide bonds. The number of hydrazine groups is 3. The van der Waals surface area contributed by atoms with Gasteiger partial charge in [-0.25, -0.2) is 9.66 Å². The number of nitrogens with one attached hydrogen (secondary N) is 8. The monoisotopic (exact) mass is 1360 g/mol. The van der Waals surface area contributed by atoms with E-state index in [1.807, 2.05) is 6.92 Å². The van der Waals surface area contributed by atoms with Crippen molar-refractivity contribution in [3.8, 4) is 0 Å². The Hall–Kier alpha value is 0.260. The van der Waals surface area contributed by atoms with E-state index in [4.69, 9.17) is 11.7 Å². The first kappa shape index (κ1) is 78.3. The lowest BCUT2D eigenvalue weighted by Gasteiger charge is -2.44. The quantitative estimate of drug-likeness (QED) is 0.0179. The van der Waals surface area contributed by atoms with Gasteiger partial charge in [0.15, 0.2) is 0 Å². The fourth-order valence-corrected chi connectivity index (χ4v) is 23.3. The number of hydrogen-bond acceptors (Lipinski definition) is 15. The lowest BCUT2D eigenvalue weighted by Crippen LogP contribution is -2.51. The number of carbonyl (C=O) groups is 8. The molecule has 15 atom stereocenters. The highest BCUT2D eigenvalue weighted by Crippen LogP contribution is 2.51. The van der Waals surface area contributed by atoms with Crippen LogP contribution in [-0.4, -0.2) is 102 Å². The molecule has 0 spiro atoms. The normalized spacial score (nSPS) is 19.7. The Morgan fingerprint density at radius 2 is 0.962 bits per heavy atom. The maximum absolute atomic E-state index is 14.6. The molecule has 450 valence electrons. The third-order valence-corrected chi connectivity index (χ3v) is 29.2. The van der Waals surface area contributed by atoms with Crippen LogP contribution in [0.1, 0.15) is 134 Å². The fraction of sp³-hybridized carbons (Fsp3) is 0.762. The Kier molecular flexibility index (Phi) is 35.1. The first-order chi connectivity index (χ1) is 35.8. The van der Waals surface area contributed by atoms with Gasteiger partial charge in [0.05, 0.1) is 17.0 Å². The van der Waals surface area contributed by atoms with Gasteiger partial charge in [0.25, 0.3) is 0 Å². The van der Waals surface area contributed by atoms with Gasteiger partial charge in [0.1, 0.15) is 0 Å². The second-order valence-electron chi connectivity index (χ2n) is 20.9. The van der Waals surface area contributed by atoms with Crippen LogP contribution in [0.2, 0.25) is 0 Å². The molecule has 0 aromatic carbocycles. The Labute approximate surface area is 494 Å². The van der Waals surface area contributed by atoms with E-state index in [2.05, 4.69) is 112 Å². The number of carbonyl (C=O) groups excluding carboxylic acids is 8. The largest absolute Gasteiger partial charge is 0.392 e. The van der Waals surface area contributed by atoms with E-state index in [0.717, 1.165) is 11.8 Å². The number of thioether (sulfide) groups is 1. The van der Waals surface area contributed by atoms with Gasteiger partial charge in [-0.05, 0) is 114 Å². The molecule has 15 unspecified atom stereocenters. The van der Waals surface area contributed by atoms with Crippen molar-refractivity contribution in [1.82, 2.24) is 39.6 Å². The van der Waals surface area contributed by atoms with Crippen molar-refractivity contribution >= 4 is 185 Å². The van der Waals surface area contributed by atoms with Gasteiger partial charge in [-0.2, -0.15) is 29.5 Å². The second kappa shape index (κ2) is 35.0. The third-order valence-electron chi connectivity index (χ3n) is 12.9. The van der Waals surface area contributed by atoms with Gasteiger partial charge in [0.2, 0.25) is 42.5 Å². The van der Waals surface area contributed by atoms with E-state index in [-0.39, 0.29) is 68.4 Å². The summed E-state index contributed by atoms with van der Waals surface area (Å²) in [4.78, 5) is 130. The summed E-state index contributed by atoms with van der Waals surface area (Å²) >= 11 is 1.16. The first-order valence-electron chi connectivity index (χ1n) is 23.9. The summed E-state index contributed by atoms with van der Waals surface area (Å²) in [5.74, 6) is 10.8. The van der Waals surface area contributed by atoms with Crippen LogP contribution in [0, 0.1) is 32.5 Å². The lowest BCUT2D eigenvalue weighted by molar-refractivity contribution is -0.137. The summed E-state index contributed by atoms with van der Waals surface area (Å²) in [6.07, 6.45) is -1.53. The van der Waals surface area contributed by atoms with Crippen LogP contribution >= 0.6 is 67.8 Å². The van der Waals surface area contributed by atoms with Crippen LogP contribution in [-0.2, 0) is 99.9 Å². The molecule has 0 bridgehead atoms. The van der Waals surface area contributed by atoms with Crippen LogP contribution in [0.3, 0.4) is 0 Å². The predicted octanol–water partition coefficient (Wildman–Crippen LogP) is 4.42. The highest BCUT2D eigenvalue weighted by atomic mass is 32.6. The van der Waals surface area contributed by atoms with Crippen molar-refractivity contribution in [2.24, 2.45) is 54.4 Å². The van der Waals surface area contributed by atoms with Gasteiger partial charge in [0, 0.05) is 91.7 Å². The van der Waals surface area contributed by atoms with E-state index in [1.54, 1.807) is 62.3 Å². The van der Waals surface area contributed by atoms with Gasteiger partial charge >= 0.3 is 0 Å². The molecule has 0 rings (SSSR count). The minimum Gasteiger partial charge on any atom is -0.392 e. The van der Waals surface area contributed by atoms with E-state index in [1.165, 1.54) is 13.8 Å². The zero-order valence-electron chi connectivity index (χ0n) is 46.4. The number of nitrogens with two attached hydrogens (primary N) is 2. The number of hydrazone groups is 2. The van der Waals surface area contributed by atoms with E-state index < -0.39 is 142 Å². The van der Waals surface area contributed by atoms with Crippen LogP contribution in [0.25, 0.3) is 0 Å². The molecule has 0 fully saturated rings. The van der Waals surface area contributed by atoms with Crippen LogP contribution in [0.15, 0.2) is 10.2 Å². The van der Waals surface area contributed by atoms with Gasteiger partial charge < -0.3 is 20.8 Å². The Morgan fingerprint density at radius 1 is 0.590 bits per heavy atom. The number of hydrogen-bond donors (Lipinski definition) is 12. The Balaban J connectivity index is 7.02. The molecule has 0 saturated heterocycles. The predicted molar refractivity (Wildman–Crippen MR) is 352 cm³/mol. The summed E-state index contributed by atoms with van der Waals surface area (Å²) in [5.41, 5.74) is -7.89. The van der Waals surface area contributed by atoms with Crippen molar-refractivity contribution in [3.05, 3.63) is 0 Å². The van der Waals surface area contributed by atoms with Crippen molar-refractivity contribution < 1.29 is 48.6 Å². The highest BCUT2D eigenvalue weighted by molar-refractivity contribution is 8.44. The van der Waals surface area contributed by atoms with Crippen molar-refractivity contribution in [3.63, 3.8) is 0 Å². The molecule has 0 aromatic heterocycles. The lowest BCUT2D eigenvalue weighted by atomic mass is 9.62. The van der Waals surface area contributed by atoms with Gasteiger partial charge in [-0.15, -0.1) is 11.8 Å². The molecule has 0 aliphatic rings. The Morgan fingerprint density at radius 3 is 1.33 bits per heavy atom. The van der Waals surface area contributed by atoms with Gasteiger partial charge in [-0.1, -0.05) is 111 Å². The molecular weight excluding hydrogens is 1270 g/mol. The van der Waals surface area contributed by atoms with Crippen molar-refractivity contribution in [2.75, 3.05) is 18.8 Å². The van der Waals surface area contributed by atoms with Crippen LogP contribution in [0.4, 0.5) is 0 Å². The molecule has 0 heterocycles.